The van der Waals surface area contributed by atoms with E-state index in [1.165, 1.54) is 29.5 Å². The van der Waals surface area contributed by atoms with Crippen LogP contribution in [0.2, 0.25) is 0 Å². The summed E-state index contributed by atoms with van der Waals surface area (Å²) in [4.78, 5) is 14.4. The molecule has 2 aromatic carbocycles. The van der Waals surface area contributed by atoms with Crippen molar-refractivity contribution < 1.29 is 34.3 Å². The Morgan fingerprint density at radius 3 is 2.58 bits per heavy atom. The molecule has 214 valence electrons. The Morgan fingerprint density at radius 1 is 1.07 bits per heavy atom. The van der Waals surface area contributed by atoms with Gasteiger partial charge in [0.2, 0.25) is 0 Å². The highest BCUT2D eigenvalue weighted by atomic mass is 16.5. The van der Waals surface area contributed by atoms with E-state index in [0.29, 0.717) is 30.6 Å². The van der Waals surface area contributed by atoms with Crippen LogP contribution in [0.4, 0.5) is 0 Å². The van der Waals surface area contributed by atoms with E-state index in [1.54, 1.807) is 7.11 Å². The van der Waals surface area contributed by atoms with Crippen molar-refractivity contribution in [3.63, 3.8) is 0 Å². The molecule has 1 aliphatic heterocycles. The average Bonchev–Trinajstić information content (AvgIpc) is 3.70. The summed E-state index contributed by atoms with van der Waals surface area (Å²) >= 11 is 0. The van der Waals surface area contributed by atoms with Crippen molar-refractivity contribution in [3.8, 4) is 29.0 Å². The number of carboxylic acid groups (broad SMARTS) is 1. The predicted octanol–water partition coefficient (Wildman–Crippen LogP) is 5.13. The van der Waals surface area contributed by atoms with Gasteiger partial charge in [0.25, 0.3) is 0 Å². The monoisotopic (exact) mass is 550 g/mol. The topological polar surface area (TPSA) is 114 Å². The Hall–Kier alpha value is -3.85. The van der Waals surface area contributed by atoms with Crippen LogP contribution in [0.15, 0.2) is 48.5 Å². The highest BCUT2D eigenvalue weighted by Gasteiger charge is 2.29. The van der Waals surface area contributed by atoms with Crippen molar-refractivity contribution in [1.29, 1.82) is 0 Å². The fraction of sp³-hybridized carbons (Fsp3) is 0.452. The van der Waals surface area contributed by atoms with Crippen LogP contribution in [0, 0.1) is 5.92 Å². The first-order chi connectivity index (χ1) is 19.4. The molecule has 1 atom stereocenters. The second-order valence-corrected chi connectivity index (χ2v) is 10.7. The van der Waals surface area contributed by atoms with Crippen LogP contribution in [-0.4, -0.2) is 57.6 Å². The average molecular weight is 551 g/mol. The maximum Gasteiger partial charge on any atom is 0.305 e. The number of hydrogen-bond donors (Lipinski definition) is 3. The number of benzene rings is 2. The molecule has 1 fully saturated rings. The van der Waals surface area contributed by atoms with Crippen LogP contribution in [0.3, 0.4) is 0 Å². The number of rotatable bonds is 13. The fourth-order valence-corrected chi connectivity index (χ4v) is 5.95. The van der Waals surface area contributed by atoms with Gasteiger partial charge in [-0.1, -0.05) is 31.0 Å². The van der Waals surface area contributed by atoms with E-state index in [2.05, 4.69) is 11.0 Å². The Morgan fingerprint density at radius 2 is 1.85 bits per heavy atom. The normalized spacial score (nSPS) is 15.7. The Bertz CT molecular complexity index is 1300. The highest BCUT2D eigenvalue weighted by Crippen LogP contribution is 2.36. The first kappa shape index (κ1) is 27.7. The standard InChI is InChI=1S/C31H38N2O7/c1-38-28-16-22(6-8-27(28)40-15-13-33-29(34)10-11-30(33)35)20-32(19-21-4-2-3-5-21)25(18-31(36)37)23-7-9-26-24(17-23)12-14-39-26/h6-11,16-17,21,25,34-35H,2-5,12-15,18-20H2,1H3,(H,36,37). The summed E-state index contributed by atoms with van der Waals surface area (Å²) in [7, 11) is 1.59. The highest BCUT2D eigenvalue weighted by molar-refractivity contribution is 5.68. The van der Waals surface area contributed by atoms with Crippen molar-refractivity contribution in [2.45, 2.75) is 57.7 Å². The molecule has 5 rings (SSSR count). The zero-order chi connectivity index (χ0) is 28.1. The van der Waals surface area contributed by atoms with Crippen LogP contribution >= 0.6 is 0 Å². The quantitative estimate of drug-likeness (QED) is 0.268. The molecule has 3 N–H and O–H groups in total. The van der Waals surface area contributed by atoms with Gasteiger partial charge < -0.3 is 29.5 Å². The maximum absolute atomic E-state index is 12.1. The lowest BCUT2D eigenvalue weighted by atomic mass is 9.96. The molecule has 0 amide bonds. The number of ether oxygens (including phenoxy) is 3. The largest absolute Gasteiger partial charge is 0.494 e. The molecule has 0 saturated heterocycles. The van der Waals surface area contributed by atoms with Gasteiger partial charge in [-0.05, 0) is 53.6 Å². The van der Waals surface area contributed by atoms with E-state index in [0.717, 1.165) is 48.2 Å². The number of carbonyl (C=O) groups is 1. The summed E-state index contributed by atoms with van der Waals surface area (Å²) in [5.41, 5.74) is 3.15. The number of fused-ring (bicyclic) bond motifs is 1. The molecule has 1 aliphatic carbocycles. The second kappa shape index (κ2) is 12.6. The third kappa shape index (κ3) is 6.47. The smallest absolute Gasteiger partial charge is 0.305 e. The number of carboxylic acids is 1. The van der Waals surface area contributed by atoms with Crippen LogP contribution < -0.4 is 14.2 Å². The van der Waals surface area contributed by atoms with Gasteiger partial charge >= 0.3 is 5.97 Å². The first-order valence-corrected chi connectivity index (χ1v) is 14.0. The number of aliphatic carboxylic acids is 1. The molecule has 9 heteroatoms. The van der Waals surface area contributed by atoms with Crippen LogP contribution in [0.25, 0.3) is 0 Å². The lowest BCUT2D eigenvalue weighted by molar-refractivity contribution is -0.138. The number of nitrogens with zero attached hydrogens (tertiary/aromatic N) is 2. The minimum absolute atomic E-state index is 0.0176. The van der Waals surface area contributed by atoms with E-state index in [-0.39, 0.29) is 37.4 Å². The molecule has 0 radical (unpaired) electrons. The number of hydrogen-bond acceptors (Lipinski definition) is 7. The third-order valence-corrected chi connectivity index (χ3v) is 8.00. The van der Waals surface area contributed by atoms with E-state index < -0.39 is 5.97 Å². The molecule has 0 spiro atoms. The Balaban J connectivity index is 1.36. The maximum atomic E-state index is 12.1. The first-order valence-electron chi connectivity index (χ1n) is 14.0. The summed E-state index contributed by atoms with van der Waals surface area (Å²) in [5.74, 6) is 1.68. The van der Waals surface area contributed by atoms with Crippen molar-refractivity contribution >= 4 is 5.97 Å². The minimum atomic E-state index is -0.820. The third-order valence-electron chi connectivity index (χ3n) is 8.00. The molecule has 2 heterocycles. The Labute approximate surface area is 234 Å². The van der Waals surface area contributed by atoms with Crippen LogP contribution in [0.5, 0.6) is 29.0 Å². The van der Waals surface area contributed by atoms with E-state index in [4.69, 9.17) is 14.2 Å². The van der Waals surface area contributed by atoms with Gasteiger partial charge in [-0.2, -0.15) is 0 Å². The van der Waals surface area contributed by atoms with E-state index in [1.807, 2.05) is 30.3 Å². The molecule has 1 aromatic heterocycles. The number of methoxy groups -OCH3 is 1. The van der Waals surface area contributed by atoms with Crippen LogP contribution in [0.1, 0.15) is 54.8 Å². The summed E-state index contributed by atoms with van der Waals surface area (Å²) in [6.07, 6.45) is 5.62. The lowest BCUT2D eigenvalue weighted by Crippen LogP contribution is -2.34. The molecular formula is C31H38N2O7. The van der Waals surface area contributed by atoms with E-state index in [9.17, 15) is 20.1 Å². The second-order valence-electron chi connectivity index (χ2n) is 10.7. The fourth-order valence-electron chi connectivity index (χ4n) is 5.95. The van der Waals surface area contributed by atoms with Crippen LogP contribution in [-0.2, 0) is 24.3 Å². The van der Waals surface area contributed by atoms with Crippen molar-refractivity contribution in [3.05, 3.63) is 65.2 Å². The van der Waals surface area contributed by atoms with Gasteiger partial charge in [-0.15, -0.1) is 0 Å². The molecule has 1 saturated carbocycles. The summed E-state index contributed by atoms with van der Waals surface area (Å²) < 4.78 is 18.6. The van der Waals surface area contributed by atoms with Crippen molar-refractivity contribution in [1.82, 2.24) is 9.47 Å². The number of aromatic hydroxyl groups is 2. The molecule has 9 nitrogen and oxygen atoms in total. The zero-order valence-corrected chi connectivity index (χ0v) is 22.9. The lowest BCUT2D eigenvalue weighted by Gasteiger charge is -2.34. The summed E-state index contributed by atoms with van der Waals surface area (Å²) in [6, 6.07) is 14.5. The minimum Gasteiger partial charge on any atom is -0.494 e. The molecule has 0 bridgehead atoms. The van der Waals surface area contributed by atoms with Gasteiger partial charge in [0.1, 0.15) is 12.4 Å². The Kier molecular flexibility index (Phi) is 8.69. The van der Waals surface area contributed by atoms with Gasteiger partial charge in [0, 0.05) is 37.7 Å². The molecular weight excluding hydrogens is 512 g/mol. The molecule has 2 aliphatic rings. The predicted molar refractivity (Wildman–Crippen MR) is 149 cm³/mol. The SMILES string of the molecule is COc1cc(CN(CC2CCCC2)C(CC(=O)O)c2ccc3c(c2)CCO3)ccc1OCCn1c(O)ccc1O. The van der Waals surface area contributed by atoms with Gasteiger partial charge in [-0.3, -0.25) is 14.3 Å². The van der Waals surface area contributed by atoms with E-state index >= 15 is 0 Å². The summed E-state index contributed by atoms with van der Waals surface area (Å²) in [5, 5.41) is 29.6. The molecule has 40 heavy (non-hydrogen) atoms. The van der Waals surface area contributed by atoms with Crippen molar-refractivity contribution in [2.24, 2.45) is 5.92 Å². The zero-order valence-electron chi connectivity index (χ0n) is 22.9. The van der Waals surface area contributed by atoms with Gasteiger partial charge in [0.15, 0.2) is 23.3 Å². The number of aromatic nitrogens is 1. The van der Waals surface area contributed by atoms with Gasteiger partial charge in [0.05, 0.1) is 26.7 Å². The van der Waals surface area contributed by atoms with Crippen molar-refractivity contribution in [2.75, 3.05) is 26.9 Å². The molecule has 3 aromatic rings. The summed E-state index contributed by atoms with van der Waals surface area (Å²) in [6.45, 7) is 2.56. The van der Waals surface area contributed by atoms with Gasteiger partial charge in [-0.25, -0.2) is 0 Å². The molecule has 1 unspecified atom stereocenters.